The maximum atomic E-state index is 13.1. The SMILES string of the molecule is CCc1[nH]c(=O)c(-c2ccc(F)c(Cl)c2)cc1N. The minimum atomic E-state index is -0.519. The van der Waals surface area contributed by atoms with Crippen molar-refractivity contribution in [1.29, 1.82) is 0 Å². The van der Waals surface area contributed by atoms with E-state index >= 15 is 0 Å². The molecule has 0 aliphatic rings. The molecule has 18 heavy (non-hydrogen) atoms. The van der Waals surface area contributed by atoms with Gasteiger partial charge in [0, 0.05) is 11.3 Å². The van der Waals surface area contributed by atoms with Gasteiger partial charge in [-0.1, -0.05) is 24.6 Å². The average Bonchev–Trinajstić information content (AvgIpc) is 2.35. The highest BCUT2D eigenvalue weighted by atomic mass is 35.5. The van der Waals surface area contributed by atoms with Gasteiger partial charge in [0.2, 0.25) is 0 Å². The van der Waals surface area contributed by atoms with Gasteiger partial charge in [-0.3, -0.25) is 4.79 Å². The number of aromatic nitrogens is 1. The molecular weight excluding hydrogens is 255 g/mol. The van der Waals surface area contributed by atoms with Crippen molar-refractivity contribution < 1.29 is 4.39 Å². The Bertz CT molecular complexity index is 652. The molecule has 0 saturated heterocycles. The fourth-order valence-electron chi connectivity index (χ4n) is 1.76. The molecule has 0 saturated carbocycles. The Morgan fingerprint density at radius 2 is 2.11 bits per heavy atom. The van der Waals surface area contributed by atoms with Crippen LogP contribution < -0.4 is 11.3 Å². The fourth-order valence-corrected chi connectivity index (χ4v) is 1.94. The molecule has 0 aliphatic carbocycles. The molecule has 0 amide bonds. The van der Waals surface area contributed by atoms with Crippen molar-refractivity contribution in [3.8, 4) is 11.1 Å². The van der Waals surface area contributed by atoms with Crippen molar-refractivity contribution in [3.63, 3.8) is 0 Å². The van der Waals surface area contributed by atoms with E-state index in [9.17, 15) is 9.18 Å². The normalized spacial score (nSPS) is 10.6. The van der Waals surface area contributed by atoms with Crippen molar-refractivity contribution in [2.75, 3.05) is 5.73 Å². The summed E-state index contributed by atoms with van der Waals surface area (Å²) < 4.78 is 13.1. The highest BCUT2D eigenvalue weighted by Gasteiger charge is 2.09. The number of hydrogen-bond donors (Lipinski definition) is 2. The maximum absolute atomic E-state index is 13.1. The van der Waals surface area contributed by atoms with E-state index in [-0.39, 0.29) is 10.6 Å². The number of nitrogen functional groups attached to an aromatic ring is 1. The molecule has 0 aliphatic heterocycles. The van der Waals surface area contributed by atoms with Crippen LogP contribution in [0.2, 0.25) is 5.02 Å². The lowest BCUT2D eigenvalue weighted by molar-refractivity contribution is 0.628. The van der Waals surface area contributed by atoms with E-state index in [0.717, 1.165) is 0 Å². The summed E-state index contributed by atoms with van der Waals surface area (Å²) in [4.78, 5) is 14.6. The van der Waals surface area contributed by atoms with Crippen molar-refractivity contribution in [3.05, 3.63) is 51.2 Å². The van der Waals surface area contributed by atoms with E-state index in [1.807, 2.05) is 6.92 Å². The molecule has 5 heteroatoms. The van der Waals surface area contributed by atoms with E-state index in [1.165, 1.54) is 18.2 Å². The Balaban J connectivity index is 2.61. The molecule has 3 nitrogen and oxygen atoms in total. The van der Waals surface area contributed by atoms with Crippen LogP contribution in [-0.4, -0.2) is 4.98 Å². The second kappa shape index (κ2) is 4.82. The number of aryl methyl sites for hydroxylation is 1. The minimum Gasteiger partial charge on any atom is -0.397 e. The Labute approximate surface area is 108 Å². The third kappa shape index (κ3) is 2.24. The van der Waals surface area contributed by atoms with E-state index in [0.29, 0.717) is 28.9 Å². The monoisotopic (exact) mass is 266 g/mol. The summed E-state index contributed by atoms with van der Waals surface area (Å²) in [5.41, 5.74) is 7.69. The molecule has 2 rings (SSSR count). The molecule has 1 aromatic heterocycles. The number of nitrogens with one attached hydrogen (secondary N) is 1. The van der Waals surface area contributed by atoms with E-state index in [1.54, 1.807) is 6.07 Å². The summed E-state index contributed by atoms with van der Waals surface area (Å²) in [6.07, 6.45) is 0.644. The van der Waals surface area contributed by atoms with Gasteiger partial charge >= 0.3 is 0 Å². The largest absolute Gasteiger partial charge is 0.397 e. The summed E-state index contributed by atoms with van der Waals surface area (Å²) in [6.45, 7) is 1.90. The lowest BCUT2D eigenvalue weighted by Gasteiger charge is -2.07. The minimum absolute atomic E-state index is 0.0231. The van der Waals surface area contributed by atoms with Crippen molar-refractivity contribution in [2.24, 2.45) is 0 Å². The van der Waals surface area contributed by atoms with Gasteiger partial charge in [0.15, 0.2) is 0 Å². The van der Waals surface area contributed by atoms with Crippen LogP contribution in [0.15, 0.2) is 29.1 Å². The van der Waals surface area contributed by atoms with Crippen molar-refractivity contribution in [2.45, 2.75) is 13.3 Å². The van der Waals surface area contributed by atoms with Crippen LogP contribution in [0.3, 0.4) is 0 Å². The zero-order valence-corrected chi connectivity index (χ0v) is 10.5. The summed E-state index contributed by atoms with van der Waals surface area (Å²) >= 11 is 5.70. The Morgan fingerprint density at radius 3 is 2.72 bits per heavy atom. The zero-order chi connectivity index (χ0) is 13.3. The fraction of sp³-hybridized carbons (Fsp3) is 0.154. The highest BCUT2D eigenvalue weighted by molar-refractivity contribution is 6.31. The molecule has 0 bridgehead atoms. The molecular formula is C13H12ClFN2O. The number of rotatable bonds is 2. The van der Waals surface area contributed by atoms with Gasteiger partial charge in [-0.25, -0.2) is 4.39 Å². The molecule has 2 aromatic rings. The van der Waals surface area contributed by atoms with Gasteiger partial charge < -0.3 is 10.7 Å². The Hall–Kier alpha value is -1.81. The summed E-state index contributed by atoms with van der Waals surface area (Å²) in [6, 6.07) is 5.71. The topological polar surface area (TPSA) is 58.9 Å². The van der Waals surface area contributed by atoms with Gasteiger partial charge in [0.25, 0.3) is 5.56 Å². The van der Waals surface area contributed by atoms with Gasteiger partial charge in [-0.15, -0.1) is 0 Å². The third-order valence-corrected chi connectivity index (χ3v) is 3.03. The van der Waals surface area contributed by atoms with Crippen molar-refractivity contribution in [1.82, 2.24) is 4.98 Å². The predicted octanol–water partition coefficient (Wildman–Crippen LogP) is 2.98. The number of aromatic amines is 1. The lowest BCUT2D eigenvalue weighted by atomic mass is 10.1. The van der Waals surface area contributed by atoms with Gasteiger partial charge in [0.05, 0.1) is 10.7 Å². The van der Waals surface area contributed by atoms with Gasteiger partial charge in [0.1, 0.15) is 5.82 Å². The van der Waals surface area contributed by atoms with Crippen LogP contribution in [0.5, 0.6) is 0 Å². The Kier molecular flexibility index (Phi) is 3.39. The first-order chi connectivity index (χ1) is 8.52. The lowest BCUT2D eigenvalue weighted by Crippen LogP contribution is -2.13. The number of anilines is 1. The number of pyridine rings is 1. The zero-order valence-electron chi connectivity index (χ0n) is 9.76. The van der Waals surface area contributed by atoms with Crippen LogP contribution in [-0.2, 0) is 6.42 Å². The van der Waals surface area contributed by atoms with Crippen LogP contribution in [0.25, 0.3) is 11.1 Å². The van der Waals surface area contributed by atoms with Gasteiger partial charge in [-0.05, 0) is 30.2 Å². The molecule has 0 fully saturated rings. The van der Waals surface area contributed by atoms with Crippen LogP contribution >= 0.6 is 11.6 Å². The Morgan fingerprint density at radius 1 is 1.39 bits per heavy atom. The van der Waals surface area contributed by atoms with E-state index in [2.05, 4.69) is 4.98 Å². The molecule has 0 spiro atoms. The summed E-state index contributed by atoms with van der Waals surface area (Å²) in [5.74, 6) is -0.519. The van der Waals surface area contributed by atoms with Crippen molar-refractivity contribution >= 4 is 17.3 Å². The standard InChI is InChI=1S/C13H12ClFN2O/c1-2-12-11(16)6-8(13(18)17-12)7-3-4-10(15)9(14)5-7/h3-6H,2,16H2,1H3,(H,17,18). The van der Waals surface area contributed by atoms with E-state index in [4.69, 9.17) is 17.3 Å². The molecule has 0 unspecified atom stereocenters. The highest BCUT2D eigenvalue weighted by Crippen LogP contribution is 2.24. The quantitative estimate of drug-likeness (QED) is 0.878. The van der Waals surface area contributed by atoms with Gasteiger partial charge in [-0.2, -0.15) is 0 Å². The molecule has 0 radical (unpaired) electrons. The number of halogens is 2. The van der Waals surface area contributed by atoms with Crippen LogP contribution in [0.1, 0.15) is 12.6 Å². The first-order valence-electron chi connectivity index (χ1n) is 5.50. The third-order valence-electron chi connectivity index (χ3n) is 2.74. The maximum Gasteiger partial charge on any atom is 0.256 e. The first kappa shape index (κ1) is 12.6. The summed E-state index contributed by atoms with van der Waals surface area (Å²) in [7, 11) is 0. The molecule has 1 aromatic carbocycles. The van der Waals surface area contributed by atoms with Crippen LogP contribution in [0.4, 0.5) is 10.1 Å². The molecule has 0 atom stereocenters. The molecule has 3 N–H and O–H groups in total. The summed E-state index contributed by atoms with van der Waals surface area (Å²) in [5, 5.41) is -0.0231. The first-order valence-corrected chi connectivity index (χ1v) is 5.87. The number of nitrogens with two attached hydrogens (primary N) is 1. The smallest absolute Gasteiger partial charge is 0.256 e. The number of hydrogen-bond acceptors (Lipinski definition) is 2. The van der Waals surface area contributed by atoms with E-state index < -0.39 is 5.82 Å². The average molecular weight is 267 g/mol. The second-order valence-corrected chi connectivity index (χ2v) is 4.34. The van der Waals surface area contributed by atoms with Crippen LogP contribution in [0, 0.1) is 5.82 Å². The molecule has 94 valence electrons. The number of benzene rings is 1. The molecule has 1 heterocycles. The predicted molar refractivity (Wildman–Crippen MR) is 71.3 cm³/mol. The second-order valence-electron chi connectivity index (χ2n) is 3.93. The number of H-pyrrole nitrogens is 1.